The quantitative estimate of drug-likeness (QED) is 0.729. The van der Waals surface area contributed by atoms with Gasteiger partial charge < -0.3 is 4.74 Å². The lowest BCUT2D eigenvalue weighted by Crippen LogP contribution is -2.27. The minimum atomic E-state index is -3.41. The topological polar surface area (TPSA) is 55.4 Å². The Kier molecular flexibility index (Phi) is 6.79. The Morgan fingerprint density at radius 2 is 2.17 bits per heavy atom. The summed E-state index contributed by atoms with van der Waals surface area (Å²) in [6.45, 7) is 5.61. The van der Waals surface area contributed by atoms with E-state index in [9.17, 15) is 8.42 Å². The molecule has 1 aromatic rings. The van der Waals surface area contributed by atoms with Crippen molar-refractivity contribution in [1.29, 1.82) is 0 Å². The van der Waals surface area contributed by atoms with Crippen molar-refractivity contribution in [2.45, 2.75) is 24.5 Å². The maximum atomic E-state index is 11.9. The second-order valence-corrected chi connectivity index (χ2v) is 7.98. The average Bonchev–Trinajstić information content (AvgIpc) is 2.70. The fourth-order valence-electron chi connectivity index (χ4n) is 1.21. The van der Waals surface area contributed by atoms with Gasteiger partial charge in [-0.1, -0.05) is 13.8 Å². The third-order valence-electron chi connectivity index (χ3n) is 2.21. The molecule has 0 amide bonds. The van der Waals surface area contributed by atoms with Gasteiger partial charge in [-0.2, -0.15) is 0 Å². The van der Waals surface area contributed by atoms with Gasteiger partial charge >= 0.3 is 0 Å². The third-order valence-corrected chi connectivity index (χ3v) is 6.34. The SMILES string of the molecule is CC(C)CCOCCNS(=O)(=O)c1sccc1Br. The Bertz CT molecular complexity index is 457. The number of ether oxygens (including phenoxy) is 1. The molecule has 0 aliphatic carbocycles. The maximum Gasteiger partial charge on any atom is 0.251 e. The van der Waals surface area contributed by atoms with Crippen LogP contribution in [0.1, 0.15) is 20.3 Å². The Morgan fingerprint density at radius 3 is 2.72 bits per heavy atom. The van der Waals surface area contributed by atoms with E-state index < -0.39 is 10.0 Å². The first-order chi connectivity index (χ1) is 8.43. The van der Waals surface area contributed by atoms with Crippen LogP contribution in [0, 0.1) is 5.92 Å². The fourth-order valence-corrected chi connectivity index (χ4v) is 4.60. The van der Waals surface area contributed by atoms with Gasteiger partial charge in [-0.3, -0.25) is 0 Å². The molecule has 0 saturated carbocycles. The molecule has 1 heterocycles. The highest BCUT2D eigenvalue weighted by Gasteiger charge is 2.18. The van der Waals surface area contributed by atoms with Gasteiger partial charge in [0.05, 0.1) is 6.61 Å². The van der Waals surface area contributed by atoms with Crippen molar-refractivity contribution in [1.82, 2.24) is 4.72 Å². The zero-order valence-electron chi connectivity index (χ0n) is 10.5. The molecule has 1 rings (SSSR count). The molecule has 0 fully saturated rings. The molecule has 1 N–H and O–H groups in total. The van der Waals surface area contributed by atoms with Crippen molar-refractivity contribution < 1.29 is 13.2 Å². The first-order valence-corrected chi connectivity index (χ1v) is 8.89. The summed E-state index contributed by atoms with van der Waals surface area (Å²) in [6.07, 6.45) is 0.989. The zero-order chi connectivity index (χ0) is 13.6. The Labute approximate surface area is 121 Å². The van der Waals surface area contributed by atoms with Crippen LogP contribution in [0.5, 0.6) is 0 Å². The van der Waals surface area contributed by atoms with E-state index in [4.69, 9.17) is 4.74 Å². The van der Waals surface area contributed by atoms with Crippen LogP contribution >= 0.6 is 27.3 Å². The molecule has 1 aromatic heterocycles. The van der Waals surface area contributed by atoms with Crippen LogP contribution in [0.4, 0.5) is 0 Å². The lowest BCUT2D eigenvalue weighted by molar-refractivity contribution is 0.128. The van der Waals surface area contributed by atoms with E-state index in [0.29, 0.717) is 34.4 Å². The molecule has 0 aliphatic heterocycles. The van der Waals surface area contributed by atoms with Crippen LogP contribution in [0.15, 0.2) is 20.1 Å². The van der Waals surface area contributed by atoms with E-state index in [1.807, 2.05) is 0 Å². The molecule has 0 unspecified atom stereocenters. The molecule has 18 heavy (non-hydrogen) atoms. The first kappa shape index (κ1) is 16.1. The molecule has 0 bridgehead atoms. The standard InChI is InChI=1S/C11H18BrNO3S2/c1-9(2)3-6-16-7-5-13-18(14,15)11-10(12)4-8-17-11/h4,8-9,13H,3,5-7H2,1-2H3. The number of thiophene rings is 1. The van der Waals surface area contributed by atoms with E-state index in [1.54, 1.807) is 11.4 Å². The molecular formula is C11H18BrNO3S2. The van der Waals surface area contributed by atoms with E-state index in [1.165, 1.54) is 11.3 Å². The number of sulfonamides is 1. The molecule has 0 atom stereocenters. The van der Waals surface area contributed by atoms with Crippen LogP contribution in [-0.2, 0) is 14.8 Å². The summed E-state index contributed by atoms with van der Waals surface area (Å²) in [7, 11) is -3.41. The van der Waals surface area contributed by atoms with Crippen molar-refractivity contribution in [3.63, 3.8) is 0 Å². The molecular weight excluding hydrogens is 338 g/mol. The molecule has 0 spiro atoms. The number of rotatable bonds is 8. The minimum absolute atomic E-state index is 0.296. The summed E-state index contributed by atoms with van der Waals surface area (Å²) >= 11 is 4.40. The molecule has 0 aromatic carbocycles. The second-order valence-electron chi connectivity index (χ2n) is 4.25. The molecule has 0 aliphatic rings. The predicted octanol–water partition coefficient (Wildman–Crippen LogP) is 2.85. The van der Waals surface area contributed by atoms with Crippen LogP contribution < -0.4 is 4.72 Å². The number of hydrogen-bond acceptors (Lipinski definition) is 4. The van der Waals surface area contributed by atoms with Crippen molar-refractivity contribution in [3.8, 4) is 0 Å². The minimum Gasteiger partial charge on any atom is -0.380 e. The molecule has 0 radical (unpaired) electrons. The molecule has 104 valence electrons. The number of hydrogen-bond donors (Lipinski definition) is 1. The van der Waals surface area contributed by atoms with E-state index in [0.717, 1.165) is 6.42 Å². The summed E-state index contributed by atoms with van der Waals surface area (Å²) in [5, 5.41) is 1.73. The van der Waals surface area contributed by atoms with Crippen molar-refractivity contribution >= 4 is 37.3 Å². The van der Waals surface area contributed by atoms with Crippen LogP contribution in [0.3, 0.4) is 0 Å². The van der Waals surface area contributed by atoms with Gasteiger partial charge in [-0.05, 0) is 39.7 Å². The number of halogens is 1. The lowest BCUT2D eigenvalue weighted by Gasteiger charge is -2.07. The van der Waals surface area contributed by atoms with Gasteiger partial charge in [-0.15, -0.1) is 11.3 Å². The molecule has 4 nitrogen and oxygen atoms in total. The number of nitrogens with one attached hydrogen (secondary N) is 1. The van der Waals surface area contributed by atoms with Gasteiger partial charge in [0.15, 0.2) is 0 Å². The second kappa shape index (κ2) is 7.59. The third kappa shape index (κ3) is 5.36. The van der Waals surface area contributed by atoms with Gasteiger partial charge in [0.2, 0.25) is 0 Å². The normalized spacial score (nSPS) is 12.2. The summed E-state index contributed by atoms with van der Waals surface area (Å²) < 4.78 is 32.5. The smallest absolute Gasteiger partial charge is 0.251 e. The van der Waals surface area contributed by atoms with Crippen molar-refractivity contribution in [3.05, 3.63) is 15.9 Å². The maximum absolute atomic E-state index is 11.9. The Hall–Kier alpha value is 0.0500. The van der Waals surface area contributed by atoms with E-state index >= 15 is 0 Å². The Morgan fingerprint density at radius 1 is 1.44 bits per heavy atom. The average molecular weight is 356 g/mol. The molecule has 0 saturated heterocycles. The summed E-state index contributed by atoms with van der Waals surface area (Å²) in [6, 6.07) is 1.72. The van der Waals surface area contributed by atoms with Crippen LogP contribution in [0.2, 0.25) is 0 Å². The van der Waals surface area contributed by atoms with Gasteiger partial charge in [0, 0.05) is 17.6 Å². The van der Waals surface area contributed by atoms with Crippen molar-refractivity contribution in [2.75, 3.05) is 19.8 Å². The van der Waals surface area contributed by atoms with Gasteiger partial charge in [0.1, 0.15) is 4.21 Å². The zero-order valence-corrected chi connectivity index (χ0v) is 13.7. The summed E-state index contributed by atoms with van der Waals surface area (Å²) in [5.41, 5.74) is 0. The molecule has 7 heteroatoms. The predicted molar refractivity (Wildman–Crippen MR) is 77.5 cm³/mol. The fraction of sp³-hybridized carbons (Fsp3) is 0.636. The van der Waals surface area contributed by atoms with Crippen LogP contribution in [-0.4, -0.2) is 28.2 Å². The van der Waals surface area contributed by atoms with Gasteiger partial charge in [0.25, 0.3) is 10.0 Å². The van der Waals surface area contributed by atoms with E-state index in [2.05, 4.69) is 34.5 Å². The highest BCUT2D eigenvalue weighted by molar-refractivity contribution is 9.10. The monoisotopic (exact) mass is 355 g/mol. The summed E-state index contributed by atoms with van der Waals surface area (Å²) in [4.78, 5) is 0. The largest absolute Gasteiger partial charge is 0.380 e. The lowest BCUT2D eigenvalue weighted by atomic mass is 10.1. The highest BCUT2D eigenvalue weighted by Crippen LogP contribution is 2.27. The first-order valence-electron chi connectivity index (χ1n) is 5.74. The van der Waals surface area contributed by atoms with Crippen LogP contribution in [0.25, 0.3) is 0 Å². The van der Waals surface area contributed by atoms with Crippen molar-refractivity contribution in [2.24, 2.45) is 5.92 Å². The highest BCUT2D eigenvalue weighted by atomic mass is 79.9. The van der Waals surface area contributed by atoms with Gasteiger partial charge in [-0.25, -0.2) is 13.1 Å². The van der Waals surface area contributed by atoms with E-state index in [-0.39, 0.29) is 0 Å². The summed E-state index contributed by atoms with van der Waals surface area (Å²) in [5.74, 6) is 0.601. The Balaban J connectivity index is 2.29.